The lowest BCUT2D eigenvalue weighted by Gasteiger charge is -2.33. The molecule has 1 saturated heterocycles. The van der Waals surface area contributed by atoms with Crippen molar-refractivity contribution in [2.45, 2.75) is 38.3 Å². The minimum atomic E-state index is 0.283. The van der Waals surface area contributed by atoms with E-state index in [0.717, 1.165) is 51.2 Å². The maximum atomic E-state index is 12.7. The van der Waals surface area contributed by atoms with E-state index in [2.05, 4.69) is 34.1 Å². The predicted octanol–water partition coefficient (Wildman–Crippen LogP) is 3.29. The summed E-state index contributed by atoms with van der Waals surface area (Å²) >= 11 is 0. The first-order chi connectivity index (χ1) is 13.2. The van der Waals surface area contributed by atoms with Gasteiger partial charge in [-0.2, -0.15) is 0 Å². The fourth-order valence-electron chi connectivity index (χ4n) is 4.30. The third-order valence-corrected chi connectivity index (χ3v) is 5.98. The second-order valence-electron chi connectivity index (χ2n) is 7.62. The van der Waals surface area contributed by atoms with Crippen molar-refractivity contribution in [3.63, 3.8) is 0 Å². The van der Waals surface area contributed by atoms with Crippen molar-refractivity contribution in [1.82, 2.24) is 9.80 Å². The van der Waals surface area contributed by atoms with E-state index in [4.69, 9.17) is 4.74 Å². The highest BCUT2D eigenvalue weighted by molar-refractivity contribution is 5.76. The van der Waals surface area contributed by atoms with Crippen LogP contribution in [0.4, 0.5) is 0 Å². The highest BCUT2D eigenvalue weighted by Crippen LogP contribution is 2.25. The van der Waals surface area contributed by atoms with Gasteiger partial charge in [0.2, 0.25) is 5.91 Å². The summed E-state index contributed by atoms with van der Waals surface area (Å²) in [5.41, 5.74) is 4.12. The van der Waals surface area contributed by atoms with Gasteiger partial charge in [0.25, 0.3) is 0 Å². The molecule has 2 aliphatic rings. The summed E-state index contributed by atoms with van der Waals surface area (Å²) in [5.74, 6) is 1.14. The van der Waals surface area contributed by atoms with Crippen molar-refractivity contribution in [1.29, 1.82) is 0 Å². The number of nitrogens with zero attached hydrogens (tertiary/aromatic N) is 2. The van der Waals surface area contributed by atoms with Crippen molar-refractivity contribution in [3.05, 3.63) is 65.2 Å². The van der Waals surface area contributed by atoms with Crippen molar-refractivity contribution in [2.24, 2.45) is 0 Å². The SMILES string of the molecule is COc1ccc(CCC(=O)N2CCC(N3CCc4ccccc4C3)C2)cc1. The Kier molecular flexibility index (Phi) is 5.44. The standard InChI is InChI=1S/C23H28N2O2/c1-27-22-9-6-18(7-10-22)8-11-23(26)25-15-13-21(17-25)24-14-12-19-4-2-3-5-20(19)16-24/h2-7,9-10,21H,8,11-17H2,1H3. The topological polar surface area (TPSA) is 32.8 Å². The normalized spacial score (nSPS) is 19.7. The summed E-state index contributed by atoms with van der Waals surface area (Å²) in [7, 11) is 1.67. The lowest BCUT2D eigenvalue weighted by Crippen LogP contribution is -2.41. The molecule has 4 nitrogen and oxygen atoms in total. The molecule has 1 amide bonds. The molecule has 0 N–H and O–H groups in total. The molecule has 1 fully saturated rings. The fourth-order valence-corrected chi connectivity index (χ4v) is 4.30. The molecule has 0 aliphatic carbocycles. The average molecular weight is 364 g/mol. The molecule has 2 aromatic rings. The van der Waals surface area contributed by atoms with Crippen molar-refractivity contribution < 1.29 is 9.53 Å². The van der Waals surface area contributed by atoms with Crippen LogP contribution in [0.3, 0.4) is 0 Å². The molecule has 0 bridgehead atoms. The predicted molar refractivity (Wildman–Crippen MR) is 107 cm³/mol. The number of likely N-dealkylation sites (tertiary alicyclic amines) is 1. The summed E-state index contributed by atoms with van der Waals surface area (Å²) in [5, 5.41) is 0. The van der Waals surface area contributed by atoms with Gasteiger partial charge in [-0.1, -0.05) is 36.4 Å². The summed E-state index contributed by atoms with van der Waals surface area (Å²) in [6.07, 6.45) is 3.59. The first-order valence-corrected chi connectivity index (χ1v) is 9.94. The number of rotatable bonds is 5. The van der Waals surface area contributed by atoms with Gasteiger partial charge in [0, 0.05) is 38.6 Å². The zero-order valence-electron chi connectivity index (χ0n) is 16.1. The lowest BCUT2D eigenvalue weighted by molar-refractivity contribution is -0.130. The smallest absolute Gasteiger partial charge is 0.222 e. The number of methoxy groups -OCH3 is 1. The van der Waals surface area contributed by atoms with Gasteiger partial charge >= 0.3 is 0 Å². The van der Waals surface area contributed by atoms with E-state index in [-0.39, 0.29) is 5.91 Å². The molecule has 27 heavy (non-hydrogen) atoms. The van der Waals surface area contributed by atoms with Gasteiger partial charge in [-0.05, 0) is 48.1 Å². The zero-order chi connectivity index (χ0) is 18.6. The molecule has 0 spiro atoms. The molecule has 2 aromatic carbocycles. The number of amides is 1. The Morgan fingerprint density at radius 1 is 1.07 bits per heavy atom. The van der Waals surface area contributed by atoms with Gasteiger partial charge < -0.3 is 9.64 Å². The van der Waals surface area contributed by atoms with Gasteiger partial charge in [-0.3, -0.25) is 9.69 Å². The maximum Gasteiger partial charge on any atom is 0.222 e. The average Bonchev–Trinajstić information content (AvgIpc) is 3.22. The largest absolute Gasteiger partial charge is 0.497 e. The summed E-state index contributed by atoms with van der Waals surface area (Å²) in [6, 6.07) is 17.3. The summed E-state index contributed by atoms with van der Waals surface area (Å²) in [4.78, 5) is 17.3. The quantitative estimate of drug-likeness (QED) is 0.816. The van der Waals surface area contributed by atoms with Crippen LogP contribution in [-0.4, -0.2) is 48.5 Å². The highest BCUT2D eigenvalue weighted by Gasteiger charge is 2.31. The Bertz CT molecular complexity index is 787. The van der Waals surface area contributed by atoms with Crippen LogP contribution in [0, 0.1) is 0 Å². The van der Waals surface area contributed by atoms with E-state index in [1.165, 1.54) is 16.7 Å². The Labute approximate surface area is 161 Å². The molecular weight excluding hydrogens is 336 g/mol. The molecule has 2 aliphatic heterocycles. The molecule has 1 atom stereocenters. The van der Waals surface area contributed by atoms with E-state index in [1.54, 1.807) is 7.11 Å². The number of fused-ring (bicyclic) bond motifs is 1. The van der Waals surface area contributed by atoms with Crippen LogP contribution in [0.1, 0.15) is 29.5 Å². The number of ether oxygens (including phenoxy) is 1. The first kappa shape index (κ1) is 18.1. The summed E-state index contributed by atoms with van der Waals surface area (Å²) < 4.78 is 5.19. The number of benzene rings is 2. The Morgan fingerprint density at radius 3 is 2.63 bits per heavy atom. The van der Waals surface area contributed by atoms with Crippen molar-refractivity contribution >= 4 is 5.91 Å². The van der Waals surface area contributed by atoms with Crippen LogP contribution in [0.25, 0.3) is 0 Å². The maximum absolute atomic E-state index is 12.7. The Balaban J connectivity index is 1.28. The molecule has 4 heteroatoms. The van der Waals surface area contributed by atoms with Crippen LogP contribution >= 0.6 is 0 Å². The molecular formula is C23H28N2O2. The molecule has 0 radical (unpaired) electrons. The molecule has 4 rings (SSSR count). The van der Waals surface area contributed by atoms with Crippen LogP contribution in [-0.2, 0) is 24.2 Å². The summed E-state index contributed by atoms with van der Waals surface area (Å²) in [6.45, 7) is 3.90. The van der Waals surface area contributed by atoms with E-state index in [1.807, 2.05) is 24.3 Å². The number of aryl methyl sites for hydroxylation is 1. The van der Waals surface area contributed by atoms with E-state index < -0.39 is 0 Å². The number of hydrogen-bond acceptors (Lipinski definition) is 3. The van der Waals surface area contributed by atoms with Crippen LogP contribution in [0.2, 0.25) is 0 Å². The highest BCUT2D eigenvalue weighted by atomic mass is 16.5. The second kappa shape index (κ2) is 8.13. The Morgan fingerprint density at radius 2 is 1.85 bits per heavy atom. The minimum Gasteiger partial charge on any atom is -0.497 e. The third-order valence-electron chi connectivity index (χ3n) is 5.98. The van der Waals surface area contributed by atoms with Gasteiger partial charge in [-0.25, -0.2) is 0 Å². The van der Waals surface area contributed by atoms with Gasteiger partial charge in [0.15, 0.2) is 0 Å². The van der Waals surface area contributed by atoms with Crippen molar-refractivity contribution in [3.8, 4) is 5.75 Å². The number of hydrogen-bond donors (Lipinski definition) is 0. The van der Waals surface area contributed by atoms with E-state index in [0.29, 0.717) is 12.5 Å². The van der Waals surface area contributed by atoms with Gasteiger partial charge in [-0.15, -0.1) is 0 Å². The third kappa shape index (κ3) is 4.16. The van der Waals surface area contributed by atoms with E-state index in [9.17, 15) is 4.79 Å². The zero-order valence-corrected chi connectivity index (χ0v) is 16.1. The second-order valence-corrected chi connectivity index (χ2v) is 7.62. The first-order valence-electron chi connectivity index (χ1n) is 9.94. The lowest BCUT2D eigenvalue weighted by atomic mass is 9.98. The molecule has 0 aromatic heterocycles. The monoisotopic (exact) mass is 364 g/mol. The minimum absolute atomic E-state index is 0.283. The van der Waals surface area contributed by atoms with Crippen LogP contribution in [0.15, 0.2) is 48.5 Å². The molecule has 1 unspecified atom stereocenters. The van der Waals surface area contributed by atoms with Gasteiger partial charge in [0.05, 0.1) is 7.11 Å². The Hall–Kier alpha value is -2.33. The fraction of sp³-hybridized carbons (Fsp3) is 0.435. The molecule has 0 saturated carbocycles. The van der Waals surface area contributed by atoms with Crippen LogP contribution < -0.4 is 4.74 Å². The number of carbonyl (C=O) groups excluding carboxylic acids is 1. The van der Waals surface area contributed by atoms with E-state index >= 15 is 0 Å². The molecule has 2 heterocycles. The van der Waals surface area contributed by atoms with Gasteiger partial charge in [0.1, 0.15) is 5.75 Å². The van der Waals surface area contributed by atoms with Crippen molar-refractivity contribution in [2.75, 3.05) is 26.7 Å². The van der Waals surface area contributed by atoms with Crippen LogP contribution in [0.5, 0.6) is 5.75 Å². The number of carbonyl (C=O) groups is 1. The molecule has 142 valence electrons.